The van der Waals surface area contributed by atoms with Crippen molar-refractivity contribution in [2.24, 2.45) is 0 Å². The molecule has 152 valence electrons. The van der Waals surface area contributed by atoms with Gasteiger partial charge in [-0.15, -0.1) is 0 Å². The van der Waals surface area contributed by atoms with Gasteiger partial charge < -0.3 is 9.15 Å². The summed E-state index contributed by atoms with van der Waals surface area (Å²) in [5.74, 6) is 0.441. The van der Waals surface area contributed by atoms with Gasteiger partial charge in [0.1, 0.15) is 18.1 Å². The molecule has 4 rings (SSSR count). The number of alkyl halides is 3. The first-order valence-corrected chi connectivity index (χ1v) is 9.43. The van der Waals surface area contributed by atoms with Gasteiger partial charge in [-0.25, -0.2) is 4.79 Å². The lowest BCUT2D eigenvalue weighted by molar-refractivity contribution is -0.137. The molecule has 3 aromatic rings. The number of benzene rings is 2. The lowest BCUT2D eigenvalue weighted by Crippen LogP contribution is -2.32. The predicted octanol–water partition coefficient (Wildman–Crippen LogP) is 5.38. The van der Waals surface area contributed by atoms with Gasteiger partial charge in [-0.05, 0) is 29.7 Å². The Hall–Kier alpha value is -2.51. The standard InChI is InChI=1S/C21H17ClF3NO3/c1-2-13-7-18(27)29-19-15(13)8-17(22)20-16(19)10-26(11-28-20)9-12-4-3-5-14(6-12)21(23,24)25/h3-8H,2,9-11H2,1H3. The zero-order valence-electron chi connectivity index (χ0n) is 15.5. The van der Waals surface area contributed by atoms with Crippen molar-refractivity contribution in [3.8, 4) is 5.75 Å². The maximum absolute atomic E-state index is 13.0. The fourth-order valence-corrected chi connectivity index (χ4v) is 3.87. The van der Waals surface area contributed by atoms with Crippen molar-refractivity contribution < 1.29 is 22.3 Å². The molecular weight excluding hydrogens is 407 g/mol. The van der Waals surface area contributed by atoms with Crippen LogP contribution in [0.2, 0.25) is 5.02 Å². The Morgan fingerprint density at radius 3 is 2.72 bits per heavy atom. The van der Waals surface area contributed by atoms with Crippen molar-refractivity contribution in [3.05, 3.63) is 74.1 Å². The van der Waals surface area contributed by atoms with Crippen LogP contribution in [0.4, 0.5) is 13.2 Å². The minimum atomic E-state index is -4.40. The molecule has 1 aliphatic heterocycles. The fourth-order valence-electron chi connectivity index (χ4n) is 3.60. The van der Waals surface area contributed by atoms with Gasteiger partial charge >= 0.3 is 11.8 Å². The fraction of sp³-hybridized carbons (Fsp3) is 0.286. The average molecular weight is 424 g/mol. The number of aryl methyl sites for hydroxylation is 1. The maximum atomic E-state index is 13.0. The molecule has 0 unspecified atom stereocenters. The first kappa shape index (κ1) is 19.8. The lowest BCUT2D eigenvalue weighted by Gasteiger charge is -2.30. The quantitative estimate of drug-likeness (QED) is 0.530. The van der Waals surface area contributed by atoms with Gasteiger partial charge in [0.15, 0.2) is 0 Å². The third kappa shape index (κ3) is 3.84. The first-order chi connectivity index (χ1) is 13.8. The molecule has 1 aliphatic rings. The van der Waals surface area contributed by atoms with Crippen LogP contribution in [-0.2, 0) is 25.7 Å². The third-order valence-electron chi connectivity index (χ3n) is 4.94. The van der Waals surface area contributed by atoms with Crippen LogP contribution < -0.4 is 10.4 Å². The van der Waals surface area contributed by atoms with Crippen LogP contribution in [0.1, 0.15) is 29.2 Å². The number of hydrogen-bond acceptors (Lipinski definition) is 4. The van der Waals surface area contributed by atoms with E-state index in [0.29, 0.717) is 40.4 Å². The first-order valence-electron chi connectivity index (χ1n) is 9.05. The van der Waals surface area contributed by atoms with Crippen LogP contribution in [0.5, 0.6) is 5.75 Å². The summed E-state index contributed by atoms with van der Waals surface area (Å²) in [6, 6.07) is 8.35. The molecule has 0 bridgehead atoms. The van der Waals surface area contributed by atoms with Crippen molar-refractivity contribution in [1.29, 1.82) is 0 Å². The molecule has 0 saturated carbocycles. The van der Waals surface area contributed by atoms with Gasteiger partial charge in [0, 0.05) is 24.5 Å². The van der Waals surface area contributed by atoms with Crippen LogP contribution in [-0.4, -0.2) is 11.6 Å². The molecule has 2 heterocycles. The minimum Gasteiger partial charge on any atom is -0.476 e. The van der Waals surface area contributed by atoms with Crippen molar-refractivity contribution in [2.45, 2.75) is 32.6 Å². The Morgan fingerprint density at radius 1 is 1.21 bits per heavy atom. The summed E-state index contributed by atoms with van der Waals surface area (Å²) in [5, 5.41) is 1.15. The highest BCUT2D eigenvalue weighted by molar-refractivity contribution is 6.33. The molecule has 1 aromatic heterocycles. The molecule has 8 heteroatoms. The van der Waals surface area contributed by atoms with E-state index in [1.807, 2.05) is 11.8 Å². The van der Waals surface area contributed by atoms with E-state index in [1.54, 1.807) is 12.1 Å². The SMILES string of the molecule is CCc1cc(=O)oc2c3c(c(Cl)cc12)OCN(Cc1cccc(C(F)(F)F)c1)C3. The summed E-state index contributed by atoms with van der Waals surface area (Å²) in [5.41, 5.74) is 1.19. The zero-order valence-corrected chi connectivity index (χ0v) is 16.2. The molecule has 4 nitrogen and oxygen atoms in total. The number of fused-ring (bicyclic) bond motifs is 3. The molecule has 0 aliphatic carbocycles. The molecule has 0 fully saturated rings. The van der Waals surface area contributed by atoms with E-state index >= 15 is 0 Å². The second kappa shape index (κ2) is 7.39. The monoisotopic (exact) mass is 423 g/mol. The van der Waals surface area contributed by atoms with Crippen molar-refractivity contribution in [1.82, 2.24) is 4.90 Å². The van der Waals surface area contributed by atoms with E-state index in [2.05, 4.69) is 0 Å². The van der Waals surface area contributed by atoms with Crippen molar-refractivity contribution >= 4 is 22.6 Å². The number of hydrogen-bond donors (Lipinski definition) is 0. The van der Waals surface area contributed by atoms with Gasteiger partial charge in [0.25, 0.3) is 0 Å². The highest BCUT2D eigenvalue weighted by Crippen LogP contribution is 2.39. The molecule has 29 heavy (non-hydrogen) atoms. The Morgan fingerprint density at radius 2 is 2.00 bits per heavy atom. The molecule has 0 N–H and O–H groups in total. The molecule has 0 spiro atoms. The van der Waals surface area contributed by atoms with Crippen LogP contribution in [0, 0.1) is 0 Å². The number of nitrogens with zero attached hydrogens (tertiary/aromatic N) is 1. The van der Waals surface area contributed by atoms with Crippen LogP contribution >= 0.6 is 11.6 Å². The highest BCUT2D eigenvalue weighted by atomic mass is 35.5. The van der Waals surface area contributed by atoms with Crippen molar-refractivity contribution in [2.75, 3.05) is 6.73 Å². The molecule has 0 atom stereocenters. The summed E-state index contributed by atoms with van der Waals surface area (Å²) in [6.07, 6.45) is -3.77. The summed E-state index contributed by atoms with van der Waals surface area (Å²) < 4.78 is 50.1. The zero-order chi connectivity index (χ0) is 20.8. The second-order valence-electron chi connectivity index (χ2n) is 6.95. The van der Waals surface area contributed by atoms with Gasteiger partial charge in [-0.1, -0.05) is 36.7 Å². The summed E-state index contributed by atoms with van der Waals surface area (Å²) in [4.78, 5) is 13.8. The highest BCUT2D eigenvalue weighted by Gasteiger charge is 2.31. The van der Waals surface area contributed by atoms with Crippen LogP contribution in [0.3, 0.4) is 0 Å². The smallest absolute Gasteiger partial charge is 0.416 e. The van der Waals surface area contributed by atoms with Crippen LogP contribution in [0.25, 0.3) is 11.0 Å². The second-order valence-corrected chi connectivity index (χ2v) is 7.35. The van der Waals surface area contributed by atoms with E-state index in [1.165, 1.54) is 12.1 Å². The van der Waals surface area contributed by atoms with E-state index in [4.69, 9.17) is 20.8 Å². The summed E-state index contributed by atoms with van der Waals surface area (Å²) in [7, 11) is 0. The largest absolute Gasteiger partial charge is 0.476 e. The number of halogens is 4. The topological polar surface area (TPSA) is 42.7 Å². The maximum Gasteiger partial charge on any atom is 0.416 e. The summed E-state index contributed by atoms with van der Waals surface area (Å²) >= 11 is 6.38. The number of rotatable bonds is 3. The van der Waals surface area contributed by atoms with E-state index in [0.717, 1.165) is 23.1 Å². The van der Waals surface area contributed by atoms with E-state index in [9.17, 15) is 18.0 Å². The predicted molar refractivity (Wildman–Crippen MR) is 103 cm³/mol. The molecule has 0 radical (unpaired) electrons. The third-order valence-corrected chi connectivity index (χ3v) is 5.22. The van der Waals surface area contributed by atoms with Gasteiger partial charge in [-0.2, -0.15) is 13.2 Å². The normalized spacial score (nSPS) is 14.7. The summed E-state index contributed by atoms with van der Waals surface area (Å²) in [6.45, 7) is 2.66. The molecular formula is C21H17ClF3NO3. The Labute approximate surface area is 169 Å². The molecule has 2 aromatic carbocycles. The van der Waals surface area contributed by atoms with E-state index < -0.39 is 17.4 Å². The van der Waals surface area contributed by atoms with Gasteiger partial charge in [0.05, 0.1) is 16.1 Å². The van der Waals surface area contributed by atoms with Crippen LogP contribution in [0.15, 0.2) is 45.6 Å². The molecule has 0 amide bonds. The average Bonchev–Trinajstić information content (AvgIpc) is 2.68. The van der Waals surface area contributed by atoms with Crippen molar-refractivity contribution in [3.63, 3.8) is 0 Å². The Kier molecular flexibility index (Phi) is 5.04. The van der Waals surface area contributed by atoms with Gasteiger partial charge in [0.2, 0.25) is 0 Å². The molecule has 0 saturated heterocycles. The van der Waals surface area contributed by atoms with Gasteiger partial charge in [-0.3, -0.25) is 4.90 Å². The lowest BCUT2D eigenvalue weighted by atomic mass is 10.0. The minimum absolute atomic E-state index is 0.159. The Bertz CT molecular complexity index is 1140. The van der Waals surface area contributed by atoms with E-state index in [-0.39, 0.29) is 13.3 Å². The Balaban J connectivity index is 1.70. The number of ether oxygens (including phenoxy) is 1.